The Labute approximate surface area is 131 Å². The van der Waals surface area contributed by atoms with E-state index in [1.165, 1.54) is 6.33 Å². The summed E-state index contributed by atoms with van der Waals surface area (Å²) in [4.78, 5) is 3.95. The minimum atomic E-state index is -0.589. The van der Waals surface area contributed by atoms with E-state index in [1.54, 1.807) is 11.0 Å². The van der Waals surface area contributed by atoms with Gasteiger partial charge in [0.2, 0.25) is 0 Å². The SMILES string of the molecule is C.CCCCC(C#N)(Cn1cncn1)c1ccc(Cl)cc1. The number of benzene rings is 1. The molecule has 5 heteroatoms. The molecule has 0 spiro atoms. The van der Waals surface area contributed by atoms with Gasteiger partial charge in [-0.1, -0.05) is 50.9 Å². The molecule has 112 valence electrons. The van der Waals surface area contributed by atoms with Crippen LogP contribution in [0.15, 0.2) is 36.9 Å². The zero-order valence-corrected chi connectivity index (χ0v) is 12.2. The molecule has 0 saturated heterocycles. The standard InChI is InChI=1S/C15H17ClN4.CH4/c1-2-3-8-15(9-17,10-20-12-18-11-19-20)13-4-6-14(16)7-5-13;/h4-7,11-12H,2-3,8,10H2,1H3;1H4. The average Bonchev–Trinajstić information content (AvgIpc) is 2.97. The second-order valence-corrected chi connectivity index (χ2v) is 5.33. The number of rotatable bonds is 6. The highest BCUT2D eigenvalue weighted by Crippen LogP contribution is 2.32. The summed E-state index contributed by atoms with van der Waals surface area (Å²) in [6, 6.07) is 10.0. The molecule has 0 fully saturated rings. The van der Waals surface area contributed by atoms with Gasteiger partial charge < -0.3 is 0 Å². The molecule has 1 heterocycles. The number of aromatic nitrogens is 3. The van der Waals surface area contributed by atoms with Crippen molar-refractivity contribution in [1.29, 1.82) is 5.26 Å². The Kier molecular flexibility index (Phi) is 6.39. The summed E-state index contributed by atoms with van der Waals surface area (Å²) in [6.07, 6.45) is 5.97. The van der Waals surface area contributed by atoms with Crippen LogP contribution in [0, 0.1) is 11.3 Å². The van der Waals surface area contributed by atoms with Gasteiger partial charge in [-0.05, 0) is 24.1 Å². The van der Waals surface area contributed by atoms with Crippen LogP contribution in [0.3, 0.4) is 0 Å². The topological polar surface area (TPSA) is 54.5 Å². The Hall–Kier alpha value is -1.86. The van der Waals surface area contributed by atoms with E-state index in [0.717, 1.165) is 24.8 Å². The summed E-state index contributed by atoms with van der Waals surface area (Å²) in [5, 5.41) is 14.6. The third kappa shape index (κ3) is 4.05. The van der Waals surface area contributed by atoms with E-state index >= 15 is 0 Å². The summed E-state index contributed by atoms with van der Waals surface area (Å²) in [5.41, 5.74) is 0.391. The van der Waals surface area contributed by atoms with Crippen LogP contribution in [0.25, 0.3) is 0 Å². The van der Waals surface area contributed by atoms with Gasteiger partial charge in [0.15, 0.2) is 0 Å². The van der Waals surface area contributed by atoms with Crippen molar-refractivity contribution in [3.8, 4) is 6.07 Å². The van der Waals surface area contributed by atoms with Crippen molar-refractivity contribution >= 4 is 11.6 Å². The first kappa shape index (κ1) is 17.2. The summed E-state index contributed by atoms with van der Waals surface area (Å²) < 4.78 is 1.72. The van der Waals surface area contributed by atoms with Crippen molar-refractivity contribution < 1.29 is 0 Å². The maximum absolute atomic E-state index is 9.78. The van der Waals surface area contributed by atoms with Gasteiger partial charge in [-0.3, -0.25) is 4.68 Å². The van der Waals surface area contributed by atoms with Crippen molar-refractivity contribution in [3.63, 3.8) is 0 Å². The number of hydrogen-bond acceptors (Lipinski definition) is 3. The quantitative estimate of drug-likeness (QED) is 0.803. The third-order valence-electron chi connectivity index (χ3n) is 3.47. The van der Waals surface area contributed by atoms with Crippen molar-refractivity contribution in [2.45, 2.75) is 45.6 Å². The van der Waals surface area contributed by atoms with Crippen LogP contribution >= 0.6 is 11.6 Å². The molecule has 4 nitrogen and oxygen atoms in total. The first-order valence-electron chi connectivity index (χ1n) is 6.70. The van der Waals surface area contributed by atoms with E-state index in [0.29, 0.717) is 11.6 Å². The van der Waals surface area contributed by atoms with Crippen LogP contribution in [0.2, 0.25) is 5.02 Å². The van der Waals surface area contributed by atoms with E-state index < -0.39 is 5.41 Å². The second-order valence-electron chi connectivity index (χ2n) is 4.90. The smallest absolute Gasteiger partial charge is 0.137 e. The Balaban J connectivity index is 0.00000220. The predicted octanol–water partition coefficient (Wildman–Crippen LogP) is 4.22. The molecule has 2 aromatic rings. The van der Waals surface area contributed by atoms with Gasteiger partial charge in [0.1, 0.15) is 18.1 Å². The average molecular weight is 305 g/mol. The largest absolute Gasteiger partial charge is 0.251 e. The first-order chi connectivity index (χ1) is 9.70. The van der Waals surface area contributed by atoms with Gasteiger partial charge in [-0.15, -0.1) is 0 Å². The fraction of sp³-hybridized carbons (Fsp3) is 0.438. The Bertz CT molecular complexity index is 571. The fourth-order valence-electron chi connectivity index (χ4n) is 2.31. The van der Waals surface area contributed by atoms with Crippen LogP contribution < -0.4 is 0 Å². The molecule has 1 aromatic heterocycles. The number of nitriles is 1. The van der Waals surface area contributed by atoms with E-state index in [1.807, 2.05) is 24.3 Å². The highest BCUT2D eigenvalue weighted by molar-refractivity contribution is 6.30. The van der Waals surface area contributed by atoms with Crippen LogP contribution in [0.4, 0.5) is 0 Å². The van der Waals surface area contributed by atoms with E-state index in [4.69, 9.17) is 11.6 Å². The van der Waals surface area contributed by atoms with E-state index in [-0.39, 0.29) is 7.43 Å². The molecule has 2 rings (SSSR count). The molecule has 0 radical (unpaired) electrons. The molecule has 0 N–H and O–H groups in total. The fourth-order valence-corrected chi connectivity index (χ4v) is 2.43. The normalized spacial score (nSPS) is 13.0. The monoisotopic (exact) mass is 304 g/mol. The molecular weight excluding hydrogens is 284 g/mol. The Morgan fingerprint density at radius 3 is 2.57 bits per heavy atom. The summed E-state index contributed by atoms with van der Waals surface area (Å²) in [5.74, 6) is 0. The Morgan fingerprint density at radius 1 is 1.33 bits per heavy atom. The molecule has 1 unspecified atom stereocenters. The number of halogens is 1. The number of unbranched alkanes of at least 4 members (excludes halogenated alkanes) is 1. The lowest BCUT2D eigenvalue weighted by atomic mass is 9.77. The van der Waals surface area contributed by atoms with Gasteiger partial charge in [0, 0.05) is 5.02 Å². The van der Waals surface area contributed by atoms with Gasteiger partial charge in [0.25, 0.3) is 0 Å². The zero-order chi connectivity index (χ0) is 14.4. The molecule has 1 aromatic carbocycles. The molecule has 0 aliphatic heterocycles. The van der Waals surface area contributed by atoms with Crippen molar-refractivity contribution in [2.24, 2.45) is 0 Å². The van der Waals surface area contributed by atoms with Crippen molar-refractivity contribution in [2.75, 3.05) is 0 Å². The second kappa shape index (κ2) is 7.80. The van der Waals surface area contributed by atoms with Crippen LogP contribution in [0.1, 0.15) is 39.2 Å². The van der Waals surface area contributed by atoms with E-state index in [9.17, 15) is 5.26 Å². The maximum atomic E-state index is 9.78. The minimum absolute atomic E-state index is 0. The molecule has 0 aliphatic rings. The summed E-state index contributed by atoms with van der Waals surface area (Å²) in [7, 11) is 0. The van der Waals surface area contributed by atoms with Gasteiger partial charge in [-0.2, -0.15) is 10.4 Å². The lowest BCUT2D eigenvalue weighted by molar-refractivity contribution is 0.390. The van der Waals surface area contributed by atoms with Crippen LogP contribution in [-0.4, -0.2) is 14.8 Å². The molecule has 0 bridgehead atoms. The lowest BCUT2D eigenvalue weighted by Gasteiger charge is -2.27. The van der Waals surface area contributed by atoms with Crippen molar-refractivity contribution in [1.82, 2.24) is 14.8 Å². The predicted molar refractivity (Wildman–Crippen MR) is 85.0 cm³/mol. The van der Waals surface area contributed by atoms with Gasteiger partial charge in [-0.25, -0.2) is 4.98 Å². The third-order valence-corrected chi connectivity index (χ3v) is 3.72. The summed E-state index contributed by atoms with van der Waals surface area (Å²) in [6.45, 7) is 2.63. The maximum Gasteiger partial charge on any atom is 0.137 e. The summed E-state index contributed by atoms with van der Waals surface area (Å²) >= 11 is 5.94. The zero-order valence-electron chi connectivity index (χ0n) is 11.5. The molecule has 0 saturated carbocycles. The molecule has 1 atom stereocenters. The van der Waals surface area contributed by atoms with E-state index in [2.05, 4.69) is 23.1 Å². The highest BCUT2D eigenvalue weighted by atomic mass is 35.5. The molecule has 0 aliphatic carbocycles. The van der Waals surface area contributed by atoms with Crippen LogP contribution in [-0.2, 0) is 12.0 Å². The van der Waals surface area contributed by atoms with Crippen LogP contribution in [0.5, 0.6) is 0 Å². The lowest BCUT2D eigenvalue weighted by Crippen LogP contribution is -2.30. The Morgan fingerprint density at radius 2 is 2.05 bits per heavy atom. The number of nitrogens with zero attached hydrogens (tertiary/aromatic N) is 4. The number of hydrogen-bond donors (Lipinski definition) is 0. The molecule has 0 amide bonds. The molecular formula is C16H21ClN4. The first-order valence-corrected chi connectivity index (χ1v) is 7.08. The molecule has 21 heavy (non-hydrogen) atoms. The van der Waals surface area contributed by atoms with Gasteiger partial charge in [0.05, 0.1) is 12.6 Å². The minimum Gasteiger partial charge on any atom is -0.251 e. The highest BCUT2D eigenvalue weighted by Gasteiger charge is 2.32. The van der Waals surface area contributed by atoms with Crippen molar-refractivity contribution in [3.05, 3.63) is 47.5 Å². The van der Waals surface area contributed by atoms with Gasteiger partial charge >= 0.3 is 0 Å².